The van der Waals surface area contributed by atoms with Gasteiger partial charge in [-0.05, 0) is 12.0 Å². The van der Waals surface area contributed by atoms with Crippen LogP contribution in [0.2, 0.25) is 0 Å². The Kier molecular flexibility index (Phi) is 5.90. The molecule has 0 aliphatic carbocycles. The first-order valence-electron chi connectivity index (χ1n) is 7.26. The number of hydrogen-bond acceptors (Lipinski definition) is 4. The van der Waals surface area contributed by atoms with Crippen molar-refractivity contribution in [2.24, 2.45) is 5.14 Å². The van der Waals surface area contributed by atoms with Gasteiger partial charge in [0.05, 0.1) is 6.54 Å². The molecular weight excluding hydrogens is 304 g/mol. The Morgan fingerprint density at radius 3 is 2.36 bits per heavy atom. The number of rotatable bonds is 6. The van der Waals surface area contributed by atoms with Crippen LogP contribution >= 0.6 is 0 Å². The van der Waals surface area contributed by atoms with Gasteiger partial charge >= 0.3 is 0 Å². The summed E-state index contributed by atoms with van der Waals surface area (Å²) in [4.78, 5) is 13.8. The Labute approximate surface area is 131 Å². The topological polar surface area (TPSA) is 95.7 Å². The van der Waals surface area contributed by atoms with E-state index in [9.17, 15) is 13.2 Å². The predicted molar refractivity (Wildman–Crippen MR) is 84.3 cm³/mol. The first kappa shape index (κ1) is 16.9. The molecule has 7 nitrogen and oxygen atoms in total. The highest BCUT2D eigenvalue weighted by molar-refractivity contribution is 7.86. The standard InChI is InChI=1S/C14H22N4O3S/c15-22(20,21)18-10-8-17(9-11-18)12-14(19)16-7-6-13-4-2-1-3-5-13/h1-5H,6-12H2,(H,16,19)(H2,15,20,21). The fraction of sp³-hybridized carbons (Fsp3) is 0.500. The van der Waals surface area contributed by atoms with Gasteiger partial charge in [0, 0.05) is 32.7 Å². The zero-order valence-corrected chi connectivity index (χ0v) is 13.3. The molecule has 3 N–H and O–H groups in total. The third kappa shape index (κ3) is 5.38. The van der Waals surface area contributed by atoms with Crippen molar-refractivity contribution in [3.8, 4) is 0 Å². The molecular formula is C14H22N4O3S. The highest BCUT2D eigenvalue weighted by Crippen LogP contribution is 2.04. The molecule has 8 heteroatoms. The summed E-state index contributed by atoms with van der Waals surface area (Å²) in [7, 11) is -3.62. The molecule has 0 bridgehead atoms. The number of carbonyl (C=O) groups excluding carboxylic acids is 1. The maximum atomic E-state index is 11.9. The van der Waals surface area contributed by atoms with Crippen LogP contribution in [0.5, 0.6) is 0 Å². The molecule has 0 aromatic heterocycles. The second kappa shape index (κ2) is 7.68. The minimum absolute atomic E-state index is 0.0417. The Balaban J connectivity index is 1.66. The van der Waals surface area contributed by atoms with Crippen LogP contribution in [0.1, 0.15) is 5.56 Å². The quantitative estimate of drug-likeness (QED) is 0.713. The Hall–Kier alpha value is -1.48. The summed E-state index contributed by atoms with van der Waals surface area (Å²) in [6.07, 6.45) is 0.797. The van der Waals surface area contributed by atoms with Gasteiger partial charge in [-0.15, -0.1) is 0 Å². The molecule has 1 aliphatic heterocycles. The van der Waals surface area contributed by atoms with E-state index < -0.39 is 10.2 Å². The summed E-state index contributed by atoms with van der Waals surface area (Å²) in [5.74, 6) is -0.0417. The van der Waals surface area contributed by atoms with E-state index in [1.165, 1.54) is 9.87 Å². The fourth-order valence-corrected chi connectivity index (χ4v) is 3.06. The van der Waals surface area contributed by atoms with E-state index in [4.69, 9.17) is 5.14 Å². The lowest BCUT2D eigenvalue weighted by atomic mass is 10.1. The van der Waals surface area contributed by atoms with Crippen LogP contribution < -0.4 is 10.5 Å². The van der Waals surface area contributed by atoms with E-state index in [1.54, 1.807) is 0 Å². The van der Waals surface area contributed by atoms with E-state index in [1.807, 2.05) is 35.2 Å². The van der Waals surface area contributed by atoms with E-state index in [0.717, 1.165) is 6.42 Å². The van der Waals surface area contributed by atoms with Crippen molar-refractivity contribution in [1.82, 2.24) is 14.5 Å². The normalized spacial score (nSPS) is 17.3. The van der Waals surface area contributed by atoms with E-state index in [-0.39, 0.29) is 12.5 Å². The molecule has 1 aromatic rings. The second-order valence-corrected chi connectivity index (χ2v) is 6.85. The van der Waals surface area contributed by atoms with Crippen LogP contribution in [0, 0.1) is 0 Å². The van der Waals surface area contributed by atoms with Gasteiger partial charge in [0.25, 0.3) is 10.2 Å². The average molecular weight is 326 g/mol. The van der Waals surface area contributed by atoms with E-state index in [2.05, 4.69) is 5.32 Å². The van der Waals surface area contributed by atoms with Gasteiger partial charge in [0.1, 0.15) is 0 Å². The van der Waals surface area contributed by atoms with Crippen LogP contribution in [0.15, 0.2) is 30.3 Å². The van der Waals surface area contributed by atoms with Gasteiger partial charge in [0.15, 0.2) is 0 Å². The molecule has 22 heavy (non-hydrogen) atoms. The molecule has 1 amide bonds. The summed E-state index contributed by atoms with van der Waals surface area (Å²) in [6, 6.07) is 9.96. The summed E-state index contributed by atoms with van der Waals surface area (Å²) in [5.41, 5.74) is 1.18. The minimum atomic E-state index is -3.62. The van der Waals surface area contributed by atoms with Crippen LogP contribution in [0.25, 0.3) is 0 Å². The van der Waals surface area contributed by atoms with Crippen LogP contribution in [0.3, 0.4) is 0 Å². The molecule has 0 radical (unpaired) electrons. The Morgan fingerprint density at radius 1 is 1.14 bits per heavy atom. The third-order valence-corrected chi connectivity index (χ3v) is 4.72. The summed E-state index contributed by atoms with van der Waals surface area (Å²) in [5, 5.41) is 7.96. The highest BCUT2D eigenvalue weighted by atomic mass is 32.2. The highest BCUT2D eigenvalue weighted by Gasteiger charge is 2.24. The Morgan fingerprint density at radius 2 is 1.77 bits per heavy atom. The van der Waals surface area contributed by atoms with Crippen molar-refractivity contribution in [3.05, 3.63) is 35.9 Å². The van der Waals surface area contributed by atoms with Crippen molar-refractivity contribution in [1.29, 1.82) is 0 Å². The molecule has 0 saturated carbocycles. The molecule has 0 unspecified atom stereocenters. The van der Waals surface area contributed by atoms with Crippen molar-refractivity contribution in [3.63, 3.8) is 0 Å². The van der Waals surface area contributed by atoms with E-state index in [0.29, 0.717) is 32.7 Å². The predicted octanol–water partition coefficient (Wildman–Crippen LogP) is -0.834. The van der Waals surface area contributed by atoms with Gasteiger partial charge in [-0.3, -0.25) is 9.69 Å². The lowest BCUT2D eigenvalue weighted by molar-refractivity contribution is -0.122. The summed E-state index contributed by atoms with van der Waals surface area (Å²) in [6.45, 7) is 2.57. The lowest BCUT2D eigenvalue weighted by Crippen LogP contribution is -2.52. The van der Waals surface area contributed by atoms with Crippen molar-refractivity contribution < 1.29 is 13.2 Å². The summed E-state index contributed by atoms with van der Waals surface area (Å²) >= 11 is 0. The van der Waals surface area contributed by atoms with Gasteiger partial charge < -0.3 is 5.32 Å². The maximum Gasteiger partial charge on any atom is 0.276 e. The molecule has 1 heterocycles. The maximum absolute atomic E-state index is 11.9. The first-order valence-corrected chi connectivity index (χ1v) is 8.76. The van der Waals surface area contributed by atoms with Crippen molar-refractivity contribution in [2.45, 2.75) is 6.42 Å². The van der Waals surface area contributed by atoms with Crippen molar-refractivity contribution in [2.75, 3.05) is 39.3 Å². The summed E-state index contributed by atoms with van der Waals surface area (Å²) < 4.78 is 23.6. The van der Waals surface area contributed by atoms with Crippen LogP contribution in [-0.4, -0.2) is 62.8 Å². The number of nitrogens with zero attached hydrogens (tertiary/aromatic N) is 2. The van der Waals surface area contributed by atoms with Crippen LogP contribution in [-0.2, 0) is 21.4 Å². The number of piperazine rings is 1. The Bertz CT molecular complexity index is 583. The number of nitrogens with one attached hydrogen (secondary N) is 1. The third-order valence-electron chi connectivity index (χ3n) is 3.64. The van der Waals surface area contributed by atoms with E-state index >= 15 is 0 Å². The van der Waals surface area contributed by atoms with Gasteiger partial charge in [-0.1, -0.05) is 30.3 Å². The number of benzene rings is 1. The number of hydrogen-bond donors (Lipinski definition) is 2. The molecule has 2 rings (SSSR count). The molecule has 1 fully saturated rings. The molecule has 0 atom stereocenters. The second-order valence-electron chi connectivity index (χ2n) is 5.31. The first-order chi connectivity index (χ1) is 10.4. The van der Waals surface area contributed by atoms with Gasteiger partial charge in [-0.2, -0.15) is 12.7 Å². The number of carbonyl (C=O) groups is 1. The average Bonchev–Trinajstić information content (AvgIpc) is 2.48. The minimum Gasteiger partial charge on any atom is -0.355 e. The number of amides is 1. The fourth-order valence-electron chi connectivity index (χ4n) is 2.39. The van der Waals surface area contributed by atoms with Gasteiger partial charge in [-0.25, -0.2) is 5.14 Å². The monoisotopic (exact) mass is 326 g/mol. The zero-order valence-electron chi connectivity index (χ0n) is 12.4. The smallest absolute Gasteiger partial charge is 0.276 e. The van der Waals surface area contributed by atoms with Crippen molar-refractivity contribution >= 4 is 16.1 Å². The number of nitrogens with two attached hydrogens (primary N) is 1. The SMILES string of the molecule is NS(=O)(=O)N1CCN(CC(=O)NCCc2ccccc2)CC1. The zero-order chi connectivity index (χ0) is 16.0. The van der Waals surface area contributed by atoms with Crippen LogP contribution in [0.4, 0.5) is 0 Å². The molecule has 122 valence electrons. The lowest BCUT2D eigenvalue weighted by Gasteiger charge is -2.32. The van der Waals surface area contributed by atoms with Gasteiger partial charge in [0.2, 0.25) is 5.91 Å². The molecule has 1 saturated heterocycles. The largest absolute Gasteiger partial charge is 0.355 e. The molecule has 0 spiro atoms. The molecule has 1 aromatic carbocycles. The molecule has 1 aliphatic rings.